The number of aryl methyl sites for hydroxylation is 1. The van der Waals surface area contributed by atoms with Gasteiger partial charge >= 0.3 is 0 Å². The van der Waals surface area contributed by atoms with Crippen LogP contribution in [0.3, 0.4) is 0 Å². The van der Waals surface area contributed by atoms with Gasteiger partial charge in [-0.2, -0.15) is 0 Å². The lowest BCUT2D eigenvalue weighted by Gasteiger charge is -2.38. The van der Waals surface area contributed by atoms with Gasteiger partial charge in [0.15, 0.2) is 0 Å². The molecular formula is C18H21ClN2. The van der Waals surface area contributed by atoms with Crippen LogP contribution in [0, 0.1) is 6.92 Å². The number of nitrogens with zero attached hydrogens (tertiary/aromatic N) is 1. The predicted octanol–water partition coefficient (Wildman–Crippen LogP) is 3.97. The molecule has 1 aliphatic rings. The Balaban J connectivity index is 1.83. The normalized spacial score (nSPS) is 22.3. The predicted molar refractivity (Wildman–Crippen MR) is 90.2 cm³/mol. The Hall–Kier alpha value is -1.51. The van der Waals surface area contributed by atoms with E-state index < -0.39 is 0 Å². The van der Waals surface area contributed by atoms with Crippen molar-refractivity contribution >= 4 is 17.3 Å². The smallest absolute Gasteiger partial charge is 0.0408 e. The maximum atomic E-state index is 6.28. The average Bonchev–Trinajstić information content (AvgIpc) is 2.47. The van der Waals surface area contributed by atoms with Crippen molar-refractivity contribution in [3.05, 3.63) is 64.7 Å². The van der Waals surface area contributed by atoms with Crippen LogP contribution in [0.1, 0.15) is 23.5 Å². The molecule has 0 saturated carbocycles. The monoisotopic (exact) mass is 300 g/mol. The Kier molecular flexibility index (Phi) is 4.18. The number of hydrogen-bond acceptors (Lipinski definition) is 2. The molecule has 0 aliphatic carbocycles. The molecule has 3 rings (SSSR count). The van der Waals surface area contributed by atoms with Gasteiger partial charge in [-0.15, -0.1) is 0 Å². The minimum Gasteiger partial charge on any atom is -0.369 e. The lowest BCUT2D eigenvalue weighted by Crippen LogP contribution is -2.46. The van der Waals surface area contributed by atoms with Crippen molar-refractivity contribution in [2.24, 2.45) is 5.73 Å². The third-order valence-corrected chi connectivity index (χ3v) is 4.44. The van der Waals surface area contributed by atoms with Gasteiger partial charge in [-0.25, -0.2) is 0 Å². The maximum absolute atomic E-state index is 6.28. The molecule has 2 aromatic carbocycles. The fraction of sp³-hybridized carbons (Fsp3) is 0.333. The average molecular weight is 301 g/mol. The summed E-state index contributed by atoms with van der Waals surface area (Å²) in [7, 11) is 0. The standard InChI is InChI=1S/C18H21ClN2/c1-13-5-7-18(8-6-13)21-11-15(10-17(20)12-21)14-3-2-4-16(19)9-14/h2-9,15,17H,10-12,20H2,1H3. The first kappa shape index (κ1) is 14.4. The highest BCUT2D eigenvalue weighted by atomic mass is 35.5. The molecule has 21 heavy (non-hydrogen) atoms. The van der Waals surface area contributed by atoms with E-state index in [1.165, 1.54) is 16.8 Å². The highest BCUT2D eigenvalue weighted by Gasteiger charge is 2.26. The molecule has 2 atom stereocenters. The van der Waals surface area contributed by atoms with Crippen LogP contribution >= 0.6 is 11.6 Å². The molecule has 0 aromatic heterocycles. The first-order chi connectivity index (χ1) is 10.1. The number of hydrogen-bond donors (Lipinski definition) is 1. The third-order valence-electron chi connectivity index (χ3n) is 4.20. The van der Waals surface area contributed by atoms with Gasteiger partial charge < -0.3 is 10.6 Å². The molecule has 0 amide bonds. The van der Waals surface area contributed by atoms with Gasteiger partial charge in [0.25, 0.3) is 0 Å². The summed E-state index contributed by atoms with van der Waals surface area (Å²) in [5.74, 6) is 0.439. The highest BCUT2D eigenvalue weighted by Crippen LogP contribution is 2.30. The summed E-state index contributed by atoms with van der Waals surface area (Å²) in [5.41, 5.74) is 10.1. The van der Waals surface area contributed by atoms with Crippen LogP contribution in [0.5, 0.6) is 0 Å². The Morgan fingerprint density at radius 2 is 1.86 bits per heavy atom. The topological polar surface area (TPSA) is 29.3 Å². The van der Waals surface area contributed by atoms with Crippen LogP contribution in [0.2, 0.25) is 5.02 Å². The molecule has 2 aromatic rings. The summed E-state index contributed by atoms with van der Waals surface area (Å²) < 4.78 is 0. The Morgan fingerprint density at radius 3 is 2.57 bits per heavy atom. The van der Waals surface area contributed by atoms with Gasteiger partial charge in [0.2, 0.25) is 0 Å². The second-order valence-electron chi connectivity index (χ2n) is 5.99. The molecule has 2 unspecified atom stereocenters. The van der Waals surface area contributed by atoms with Crippen molar-refractivity contribution in [3.63, 3.8) is 0 Å². The third kappa shape index (κ3) is 3.39. The Morgan fingerprint density at radius 1 is 1.10 bits per heavy atom. The Bertz CT molecular complexity index is 609. The summed E-state index contributed by atoms with van der Waals surface area (Å²) in [6.07, 6.45) is 1.02. The summed E-state index contributed by atoms with van der Waals surface area (Å²) in [6, 6.07) is 17.0. The summed E-state index contributed by atoms with van der Waals surface area (Å²) >= 11 is 6.13. The fourth-order valence-electron chi connectivity index (χ4n) is 3.11. The Labute approximate surface area is 131 Å². The molecule has 2 N–H and O–H groups in total. The molecule has 3 heteroatoms. The zero-order chi connectivity index (χ0) is 14.8. The van der Waals surface area contributed by atoms with E-state index in [1.54, 1.807) is 0 Å². The van der Waals surface area contributed by atoms with Crippen molar-refractivity contribution in [2.45, 2.75) is 25.3 Å². The first-order valence-electron chi connectivity index (χ1n) is 7.44. The number of halogens is 1. The quantitative estimate of drug-likeness (QED) is 0.909. The lowest BCUT2D eigenvalue weighted by molar-refractivity contribution is 0.454. The maximum Gasteiger partial charge on any atom is 0.0408 e. The highest BCUT2D eigenvalue weighted by molar-refractivity contribution is 6.30. The number of rotatable bonds is 2. The van der Waals surface area contributed by atoms with Crippen molar-refractivity contribution in [3.8, 4) is 0 Å². The van der Waals surface area contributed by atoms with Crippen molar-refractivity contribution in [2.75, 3.05) is 18.0 Å². The van der Waals surface area contributed by atoms with E-state index in [0.29, 0.717) is 5.92 Å². The van der Waals surface area contributed by atoms with Crippen LogP contribution < -0.4 is 10.6 Å². The second-order valence-corrected chi connectivity index (χ2v) is 6.42. The molecule has 1 fully saturated rings. The van der Waals surface area contributed by atoms with Gasteiger partial charge in [0.1, 0.15) is 0 Å². The zero-order valence-corrected chi connectivity index (χ0v) is 13.1. The molecule has 0 bridgehead atoms. The molecular weight excluding hydrogens is 280 g/mol. The fourth-order valence-corrected chi connectivity index (χ4v) is 3.31. The number of nitrogens with two attached hydrogens (primary N) is 1. The minimum absolute atomic E-state index is 0.198. The van der Waals surface area contributed by atoms with E-state index in [0.717, 1.165) is 24.5 Å². The summed E-state index contributed by atoms with van der Waals surface area (Å²) in [4.78, 5) is 2.39. The van der Waals surface area contributed by atoms with Crippen LogP contribution in [0.4, 0.5) is 5.69 Å². The van der Waals surface area contributed by atoms with E-state index in [9.17, 15) is 0 Å². The van der Waals surface area contributed by atoms with E-state index in [2.05, 4.69) is 48.2 Å². The van der Waals surface area contributed by atoms with Gasteiger partial charge in [0, 0.05) is 35.8 Å². The van der Waals surface area contributed by atoms with Crippen molar-refractivity contribution < 1.29 is 0 Å². The number of benzene rings is 2. The molecule has 110 valence electrons. The SMILES string of the molecule is Cc1ccc(N2CC(N)CC(c3cccc(Cl)c3)C2)cc1. The van der Waals surface area contributed by atoms with Crippen molar-refractivity contribution in [1.29, 1.82) is 0 Å². The molecule has 1 heterocycles. The van der Waals surface area contributed by atoms with E-state index in [4.69, 9.17) is 17.3 Å². The second kappa shape index (κ2) is 6.08. The van der Waals surface area contributed by atoms with Crippen molar-refractivity contribution in [1.82, 2.24) is 0 Å². The zero-order valence-electron chi connectivity index (χ0n) is 12.3. The number of piperidine rings is 1. The van der Waals surface area contributed by atoms with E-state index in [1.807, 2.05) is 12.1 Å². The van der Waals surface area contributed by atoms with E-state index in [-0.39, 0.29) is 6.04 Å². The summed E-state index contributed by atoms with van der Waals surface area (Å²) in [6.45, 7) is 4.03. The molecule has 1 aliphatic heterocycles. The van der Waals surface area contributed by atoms with Crippen LogP contribution in [-0.4, -0.2) is 19.1 Å². The van der Waals surface area contributed by atoms with E-state index >= 15 is 0 Å². The molecule has 1 saturated heterocycles. The van der Waals surface area contributed by atoms with Crippen LogP contribution in [0.25, 0.3) is 0 Å². The summed E-state index contributed by atoms with van der Waals surface area (Å²) in [5, 5.41) is 0.800. The van der Waals surface area contributed by atoms with Crippen LogP contribution in [-0.2, 0) is 0 Å². The lowest BCUT2D eigenvalue weighted by atomic mass is 9.88. The molecule has 2 nitrogen and oxygen atoms in total. The first-order valence-corrected chi connectivity index (χ1v) is 7.82. The van der Waals surface area contributed by atoms with Crippen LogP contribution in [0.15, 0.2) is 48.5 Å². The van der Waals surface area contributed by atoms with Gasteiger partial charge in [-0.05, 0) is 43.2 Å². The molecule has 0 spiro atoms. The number of anilines is 1. The van der Waals surface area contributed by atoms with Gasteiger partial charge in [-0.3, -0.25) is 0 Å². The minimum atomic E-state index is 0.198. The largest absolute Gasteiger partial charge is 0.369 e. The molecule has 0 radical (unpaired) electrons. The van der Waals surface area contributed by atoms with Gasteiger partial charge in [0.05, 0.1) is 0 Å². The van der Waals surface area contributed by atoms with Gasteiger partial charge in [-0.1, -0.05) is 41.4 Å².